The molecule has 114 valence electrons. The number of nitrogens with zero attached hydrogens (tertiary/aromatic N) is 2. The molecule has 1 aromatic rings. The quantitative estimate of drug-likeness (QED) is 0.442. The lowest BCUT2D eigenvalue weighted by Crippen LogP contribution is -2.37. The molecule has 0 bridgehead atoms. The van der Waals surface area contributed by atoms with Crippen molar-refractivity contribution in [3.63, 3.8) is 0 Å². The van der Waals surface area contributed by atoms with Crippen molar-refractivity contribution < 1.29 is 4.74 Å². The average molecular weight is 391 g/mol. The summed E-state index contributed by atoms with van der Waals surface area (Å²) in [6.45, 7) is 9.96. The molecule has 0 spiro atoms. The molecule has 0 aliphatic carbocycles. The minimum atomic E-state index is 0. The maximum absolute atomic E-state index is 5.94. The van der Waals surface area contributed by atoms with E-state index in [2.05, 4.69) is 43.1 Å². The van der Waals surface area contributed by atoms with Gasteiger partial charge in [0, 0.05) is 19.7 Å². The molecule has 20 heavy (non-hydrogen) atoms. The maximum atomic E-state index is 5.94. The van der Waals surface area contributed by atoms with Gasteiger partial charge in [0.1, 0.15) is 0 Å². The van der Waals surface area contributed by atoms with E-state index in [-0.39, 0.29) is 24.0 Å². The first kappa shape index (κ1) is 19.2. The van der Waals surface area contributed by atoms with Gasteiger partial charge in [-0.2, -0.15) is 0 Å². The van der Waals surface area contributed by atoms with E-state index < -0.39 is 0 Å². The molecule has 0 fully saturated rings. The first-order valence-corrected chi connectivity index (χ1v) is 6.91. The van der Waals surface area contributed by atoms with Gasteiger partial charge in [0.25, 0.3) is 0 Å². The van der Waals surface area contributed by atoms with Gasteiger partial charge < -0.3 is 15.4 Å². The van der Waals surface area contributed by atoms with Crippen LogP contribution in [0.5, 0.6) is 0 Å². The maximum Gasteiger partial charge on any atom is 0.191 e. The third kappa shape index (κ3) is 6.56. The fraction of sp³-hybridized carbons (Fsp3) is 0.533. The van der Waals surface area contributed by atoms with Crippen molar-refractivity contribution in [1.82, 2.24) is 4.90 Å². The highest BCUT2D eigenvalue weighted by Crippen LogP contribution is 2.07. The third-order valence-electron chi connectivity index (χ3n) is 3.01. The zero-order chi connectivity index (χ0) is 14.1. The molecule has 1 rings (SSSR count). The van der Waals surface area contributed by atoms with E-state index in [0.717, 1.165) is 25.3 Å². The summed E-state index contributed by atoms with van der Waals surface area (Å²) in [4.78, 5) is 6.46. The number of hydrogen-bond acceptors (Lipinski definition) is 2. The second kappa shape index (κ2) is 10.9. The molecule has 0 saturated carbocycles. The summed E-state index contributed by atoms with van der Waals surface area (Å²) >= 11 is 0. The molecule has 0 unspecified atom stereocenters. The topological polar surface area (TPSA) is 50.9 Å². The number of nitrogens with two attached hydrogens (primary N) is 1. The van der Waals surface area contributed by atoms with Gasteiger partial charge in [-0.3, -0.25) is 0 Å². The summed E-state index contributed by atoms with van der Waals surface area (Å²) in [5, 5.41) is 0. The lowest BCUT2D eigenvalue weighted by molar-refractivity contribution is 0.134. The second-order valence-corrected chi connectivity index (χ2v) is 4.30. The lowest BCUT2D eigenvalue weighted by Gasteiger charge is -2.19. The number of aliphatic imine (C=N–C) groups is 1. The fourth-order valence-corrected chi connectivity index (χ4v) is 1.78. The Morgan fingerprint density at radius 1 is 1.10 bits per heavy atom. The van der Waals surface area contributed by atoms with Crippen LogP contribution in [0.3, 0.4) is 0 Å². The van der Waals surface area contributed by atoms with Crippen LogP contribution < -0.4 is 5.73 Å². The highest BCUT2D eigenvalue weighted by Gasteiger charge is 2.01. The number of hydrogen-bond donors (Lipinski definition) is 1. The predicted molar refractivity (Wildman–Crippen MR) is 95.4 cm³/mol. The summed E-state index contributed by atoms with van der Waals surface area (Å²) in [5.41, 5.74) is 8.29. The van der Waals surface area contributed by atoms with E-state index >= 15 is 0 Å². The van der Waals surface area contributed by atoms with Gasteiger partial charge in [0.2, 0.25) is 0 Å². The van der Waals surface area contributed by atoms with Crippen molar-refractivity contribution in [1.29, 1.82) is 0 Å². The Morgan fingerprint density at radius 3 is 2.15 bits per heavy atom. The van der Waals surface area contributed by atoms with Gasteiger partial charge >= 0.3 is 0 Å². The van der Waals surface area contributed by atoms with Crippen LogP contribution in [0, 0.1) is 0 Å². The molecule has 0 aliphatic rings. The molecular weight excluding hydrogens is 365 g/mol. The van der Waals surface area contributed by atoms with Crippen LogP contribution >= 0.6 is 24.0 Å². The Kier molecular flexibility index (Phi) is 10.5. The monoisotopic (exact) mass is 391 g/mol. The van der Waals surface area contributed by atoms with Crippen molar-refractivity contribution in [2.75, 3.05) is 19.7 Å². The summed E-state index contributed by atoms with van der Waals surface area (Å²) < 4.78 is 5.36. The predicted octanol–water partition coefficient (Wildman–Crippen LogP) is 3.00. The van der Waals surface area contributed by atoms with Gasteiger partial charge in [0.15, 0.2) is 5.96 Å². The number of benzene rings is 1. The van der Waals surface area contributed by atoms with E-state index in [1.165, 1.54) is 5.56 Å². The molecule has 0 heterocycles. The second-order valence-electron chi connectivity index (χ2n) is 4.30. The molecule has 1 aromatic carbocycles. The van der Waals surface area contributed by atoms with Crippen molar-refractivity contribution in [3.05, 3.63) is 35.4 Å². The zero-order valence-electron chi connectivity index (χ0n) is 12.6. The summed E-state index contributed by atoms with van der Waals surface area (Å²) in [7, 11) is 0. The van der Waals surface area contributed by atoms with Crippen molar-refractivity contribution in [3.8, 4) is 0 Å². The van der Waals surface area contributed by atoms with Crippen LogP contribution in [-0.4, -0.2) is 30.6 Å². The van der Waals surface area contributed by atoms with Crippen LogP contribution in [-0.2, 0) is 17.9 Å². The number of halogens is 1. The largest absolute Gasteiger partial charge is 0.377 e. The molecule has 0 amide bonds. The highest BCUT2D eigenvalue weighted by molar-refractivity contribution is 14.0. The van der Waals surface area contributed by atoms with E-state index in [4.69, 9.17) is 10.5 Å². The lowest BCUT2D eigenvalue weighted by atomic mass is 10.1. The molecule has 0 saturated heterocycles. The minimum Gasteiger partial charge on any atom is -0.377 e. The average Bonchev–Trinajstić information content (AvgIpc) is 2.45. The normalized spacial score (nSPS) is 11.1. The Labute approximate surface area is 139 Å². The summed E-state index contributed by atoms with van der Waals surface area (Å²) in [6.07, 6.45) is 0. The van der Waals surface area contributed by atoms with Gasteiger partial charge in [-0.15, -0.1) is 24.0 Å². The van der Waals surface area contributed by atoms with Crippen molar-refractivity contribution >= 4 is 29.9 Å². The first-order chi connectivity index (χ1) is 9.21. The number of rotatable bonds is 7. The highest BCUT2D eigenvalue weighted by atomic mass is 127. The molecule has 0 aliphatic heterocycles. The van der Waals surface area contributed by atoms with Crippen LogP contribution in [0.25, 0.3) is 0 Å². The van der Waals surface area contributed by atoms with Crippen molar-refractivity contribution in [2.24, 2.45) is 10.7 Å². The van der Waals surface area contributed by atoms with Gasteiger partial charge in [-0.25, -0.2) is 4.99 Å². The molecular formula is C15H26IN3O. The van der Waals surface area contributed by atoms with Crippen LogP contribution in [0.1, 0.15) is 31.9 Å². The molecule has 0 radical (unpaired) electrons. The SMILES string of the molecule is CCOCc1ccc(CN=C(N)N(CC)CC)cc1.I. The summed E-state index contributed by atoms with van der Waals surface area (Å²) in [5.74, 6) is 0.614. The van der Waals surface area contributed by atoms with Crippen LogP contribution in [0.2, 0.25) is 0 Å². The Morgan fingerprint density at radius 2 is 1.65 bits per heavy atom. The van der Waals surface area contributed by atoms with Crippen molar-refractivity contribution in [2.45, 2.75) is 33.9 Å². The number of guanidine groups is 1. The Balaban J connectivity index is 0.00000361. The van der Waals surface area contributed by atoms with Gasteiger partial charge in [-0.1, -0.05) is 24.3 Å². The minimum absolute atomic E-state index is 0. The third-order valence-corrected chi connectivity index (χ3v) is 3.01. The first-order valence-electron chi connectivity index (χ1n) is 6.91. The zero-order valence-corrected chi connectivity index (χ0v) is 15.0. The van der Waals surface area contributed by atoms with Gasteiger partial charge in [0.05, 0.1) is 13.2 Å². The Hall–Kier alpha value is -0.820. The van der Waals surface area contributed by atoms with E-state index in [9.17, 15) is 0 Å². The van der Waals surface area contributed by atoms with E-state index in [1.54, 1.807) is 0 Å². The standard InChI is InChI=1S/C15H25N3O.HI/c1-4-18(5-2)15(16)17-11-13-7-9-14(10-8-13)12-19-6-3;/h7-10H,4-6,11-12H2,1-3H3,(H2,16,17);1H. The molecule has 4 nitrogen and oxygen atoms in total. The fourth-order valence-electron chi connectivity index (χ4n) is 1.78. The Bertz CT molecular complexity index is 389. The van der Waals surface area contributed by atoms with Crippen LogP contribution in [0.4, 0.5) is 0 Å². The summed E-state index contributed by atoms with van der Waals surface area (Å²) in [6, 6.07) is 8.31. The van der Waals surface area contributed by atoms with Crippen LogP contribution in [0.15, 0.2) is 29.3 Å². The van der Waals surface area contributed by atoms with Gasteiger partial charge in [-0.05, 0) is 31.9 Å². The number of ether oxygens (including phenoxy) is 1. The van der Waals surface area contributed by atoms with E-state index in [0.29, 0.717) is 19.1 Å². The molecule has 2 N–H and O–H groups in total. The molecule has 5 heteroatoms. The van der Waals surface area contributed by atoms with E-state index in [1.807, 2.05) is 11.8 Å². The molecule has 0 atom stereocenters. The molecule has 0 aromatic heterocycles. The smallest absolute Gasteiger partial charge is 0.191 e.